The molecular formula is C23H18Cl3F7N2O2. The van der Waals surface area contributed by atoms with Gasteiger partial charge in [0.15, 0.2) is 0 Å². The summed E-state index contributed by atoms with van der Waals surface area (Å²) in [5, 5.41) is 1.18. The number of hydrogen-bond donors (Lipinski definition) is 1. The highest BCUT2D eigenvalue weighted by Gasteiger charge is 2.41. The van der Waals surface area contributed by atoms with Crippen molar-refractivity contribution in [1.29, 1.82) is 0 Å². The van der Waals surface area contributed by atoms with Gasteiger partial charge in [0.05, 0.1) is 26.2 Å². The second-order valence-corrected chi connectivity index (χ2v) is 9.21. The van der Waals surface area contributed by atoms with Crippen LogP contribution in [0.3, 0.4) is 0 Å². The van der Waals surface area contributed by atoms with E-state index >= 15 is 0 Å². The first kappa shape index (κ1) is 30.7. The van der Waals surface area contributed by atoms with E-state index in [0.717, 1.165) is 17.0 Å². The maximum Gasteiger partial charge on any atom is 0.417 e. The van der Waals surface area contributed by atoms with E-state index in [1.807, 2.05) is 0 Å². The summed E-state index contributed by atoms with van der Waals surface area (Å²) < 4.78 is 97.2. The SMILES string of the molecule is CC(NC(=O)c1ccc(/C(F)=C/C(c2cc(Cl)c(Cl)c(Cl)c2)C(F)(F)F)cc1C(F)(F)F)C(=O)N(C)C. The summed E-state index contributed by atoms with van der Waals surface area (Å²) in [7, 11) is 2.74. The lowest BCUT2D eigenvalue weighted by Gasteiger charge is -2.20. The summed E-state index contributed by atoms with van der Waals surface area (Å²) in [6.07, 6.45) is -10.2. The molecule has 202 valence electrons. The summed E-state index contributed by atoms with van der Waals surface area (Å²) in [5.41, 5.74) is -4.04. The zero-order valence-corrected chi connectivity index (χ0v) is 21.4. The average molecular weight is 594 g/mol. The Morgan fingerprint density at radius 3 is 1.97 bits per heavy atom. The number of allylic oxidation sites excluding steroid dienone is 1. The Kier molecular flexibility index (Phi) is 9.54. The molecule has 0 aliphatic rings. The van der Waals surface area contributed by atoms with E-state index in [1.165, 1.54) is 21.0 Å². The van der Waals surface area contributed by atoms with Gasteiger partial charge in [-0.05, 0) is 42.8 Å². The number of benzene rings is 2. The van der Waals surface area contributed by atoms with Crippen molar-refractivity contribution in [3.63, 3.8) is 0 Å². The number of amides is 2. The molecule has 0 bridgehead atoms. The Hall–Kier alpha value is -2.50. The van der Waals surface area contributed by atoms with Crippen molar-refractivity contribution >= 4 is 52.4 Å². The van der Waals surface area contributed by atoms with Crippen LogP contribution in [0.5, 0.6) is 0 Å². The minimum Gasteiger partial charge on any atom is -0.347 e. The first-order valence-electron chi connectivity index (χ1n) is 10.2. The quantitative estimate of drug-likeness (QED) is 0.278. The largest absolute Gasteiger partial charge is 0.417 e. The molecule has 0 spiro atoms. The smallest absolute Gasteiger partial charge is 0.347 e. The van der Waals surface area contributed by atoms with Crippen LogP contribution in [0.1, 0.15) is 39.9 Å². The minimum atomic E-state index is -5.18. The zero-order valence-electron chi connectivity index (χ0n) is 19.2. The van der Waals surface area contributed by atoms with E-state index in [2.05, 4.69) is 5.32 Å². The predicted molar refractivity (Wildman–Crippen MR) is 126 cm³/mol. The molecule has 0 saturated heterocycles. The Labute approximate surface area is 222 Å². The predicted octanol–water partition coefficient (Wildman–Crippen LogP) is 7.53. The van der Waals surface area contributed by atoms with Crippen LogP contribution in [0.15, 0.2) is 36.4 Å². The number of likely N-dealkylation sites (N-methyl/N-ethyl adjacent to an activating group) is 1. The molecule has 4 nitrogen and oxygen atoms in total. The molecular weight excluding hydrogens is 576 g/mol. The van der Waals surface area contributed by atoms with Crippen molar-refractivity contribution in [1.82, 2.24) is 10.2 Å². The first-order valence-corrected chi connectivity index (χ1v) is 11.3. The highest BCUT2D eigenvalue weighted by atomic mass is 35.5. The van der Waals surface area contributed by atoms with Gasteiger partial charge < -0.3 is 10.2 Å². The molecule has 0 fully saturated rings. The van der Waals surface area contributed by atoms with Crippen molar-refractivity contribution in [2.75, 3.05) is 14.1 Å². The van der Waals surface area contributed by atoms with Crippen LogP contribution in [0, 0.1) is 0 Å². The molecule has 0 aliphatic carbocycles. The van der Waals surface area contributed by atoms with Gasteiger partial charge in [0.25, 0.3) is 5.91 Å². The van der Waals surface area contributed by atoms with Crippen LogP contribution >= 0.6 is 34.8 Å². The second-order valence-electron chi connectivity index (χ2n) is 8.02. The van der Waals surface area contributed by atoms with Crippen molar-refractivity contribution in [2.45, 2.75) is 31.2 Å². The summed E-state index contributed by atoms with van der Waals surface area (Å²) in [4.78, 5) is 25.5. The lowest BCUT2D eigenvalue weighted by molar-refractivity contribution is -0.140. The maximum atomic E-state index is 14.9. The van der Waals surface area contributed by atoms with E-state index in [0.29, 0.717) is 12.1 Å². The second kappa shape index (κ2) is 11.5. The van der Waals surface area contributed by atoms with Crippen LogP contribution in [0.25, 0.3) is 5.83 Å². The Morgan fingerprint density at radius 1 is 0.973 bits per heavy atom. The molecule has 37 heavy (non-hydrogen) atoms. The van der Waals surface area contributed by atoms with Crippen LogP contribution < -0.4 is 5.32 Å². The van der Waals surface area contributed by atoms with Crippen LogP contribution in [0.4, 0.5) is 30.7 Å². The molecule has 2 aromatic rings. The third-order valence-corrected chi connectivity index (χ3v) is 6.23. The monoisotopic (exact) mass is 592 g/mol. The molecule has 2 rings (SSSR count). The van der Waals surface area contributed by atoms with Gasteiger partial charge in [0, 0.05) is 19.7 Å². The highest BCUT2D eigenvalue weighted by Crippen LogP contribution is 2.42. The minimum absolute atomic E-state index is 0.0585. The molecule has 0 radical (unpaired) electrons. The fourth-order valence-electron chi connectivity index (χ4n) is 3.23. The number of alkyl halides is 6. The standard InChI is InChI=1S/C23H18Cl3F7N2O2/c1-10(21(37)35(2)3)34-20(36)13-5-4-11(6-15(13)23(31,32)33)18(27)9-14(22(28,29)30)12-7-16(24)19(26)17(25)8-12/h4-10,14H,1-3H3,(H,34,36)/b18-9-. The van der Waals surface area contributed by atoms with Gasteiger partial charge in [-0.15, -0.1) is 0 Å². The third kappa shape index (κ3) is 7.52. The fraction of sp³-hybridized carbons (Fsp3) is 0.304. The Balaban J connectivity index is 2.55. The van der Waals surface area contributed by atoms with E-state index < -0.39 is 64.2 Å². The van der Waals surface area contributed by atoms with Crippen molar-refractivity contribution in [3.8, 4) is 0 Å². The first-order chi connectivity index (χ1) is 16.8. The van der Waals surface area contributed by atoms with E-state index in [-0.39, 0.29) is 27.2 Å². The molecule has 2 aromatic carbocycles. The zero-order chi connectivity index (χ0) is 28.5. The summed E-state index contributed by atoms with van der Waals surface area (Å²) in [6.45, 7) is 1.25. The summed E-state index contributed by atoms with van der Waals surface area (Å²) >= 11 is 17.3. The van der Waals surface area contributed by atoms with Gasteiger partial charge in [-0.1, -0.05) is 40.9 Å². The lowest BCUT2D eigenvalue weighted by Crippen LogP contribution is -2.44. The van der Waals surface area contributed by atoms with Crippen LogP contribution in [-0.2, 0) is 11.0 Å². The van der Waals surface area contributed by atoms with Gasteiger partial charge in [-0.25, -0.2) is 4.39 Å². The van der Waals surface area contributed by atoms with Crippen LogP contribution in [0.2, 0.25) is 15.1 Å². The Morgan fingerprint density at radius 2 is 1.51 bits per heavy atom. The molecule has 14 heteroatoms. The fourth-order valence-corrected chi connectivity index (χ4v) is 3.84. The lowest BCUT2D eigenvalue weighted by atomic mass is 9.95. The number of carbonyl (C=O) groups excluding carboxylic acids is 2. The number of halogens is 10. The number of nitrogens with one attached hydrogen (secondary N) is 1. The molecule has 2 atom stereocenters. The summed E-state index contributed by atoms with van der Waals surface area (Å²) in [6, 6.07) is 1.94. The number of nitrogens with zero attached hydrogens (tertiary/aromatic N) is 1. The normalized spacial score (nSPS) is 14.2. The van der Waals surface area contributed by atoms with E-state index in [9.17, 15) is 40.3 Å². The van der Waals surface area contributed by atoms with Crippen molar-refractivity contribution in [2.24, 2.45) is 0 Å². The van der Waals surface area contributed by atoms with Gasteiger partial charge >= 0.3 is 12.4 Å². The van der Waals surface area contributed by atoms with Gasteiger partial charge in [-0.3, -0.25) is 9.59 Å². The average Bonchev–Trinajstić information content (AvgIpc) is 2.77. The highest BCUT2D eigenvalue weighted by molar-refractivity contribution is 6.48. The number of rotatable bonds is 6. The van der Waals surface area contributed by atoms with Gasteiger partial charge in [-0.2, -0.15) is 26.3 Å². The molecule has 1 N–H and O–H groups in total. The molecule has 2 amide bonds. The molecule has 2 unspecified atom stereocenters. The molecule has 0 aliphatic heterocycles. The van der Waals surface area contributed by atoms with Gasteiger partial charge in [0.1, 0.15) is 17.8 Å². The topological polar surface area (TPSA) is 49.4 Å². The van der Waals surface area contributed by atoms with Crippen molar-refractivity contribution < 1.29 is 40.3 Å². The van der Waals surface area contributed by atoms with Crippen LogP contribution in [-0.4, -0.2) is 43.0 Å². The van der Waals surface area contributed by atoms with E-state index in [4.69, 9.17) is 34.8 Å². The Bertz CT molecular complexity index is 1200. The molecule has 0 aromatic heterocycles. The maximum absolute atomic E-state index is 14.9. The summed E-state index contributed by atoms with van der Waals surface area (Å²) in [5.74, 6) is -6.19. The molecule has 0 saturated carbocycles. The van der Waals surface area contributed by atoms with E-state index in [1.54, 1.807) is 0 Å². The number of hydrogen-bond acceptors (Lipinski definition) is 2. The third-order valence-electron chi connectivity index (χ3n) is 5.04. The van der Waals surface area contributed by atoms with Crippen molar-refractivity contribution in [3.05, 3.63) is 73.7 Å². The number of carbonyl (C=O) groups is 2. The van der Waals surface area contributed by atoms with Gasteiger partial charge in [0.2, 0.25) is 5.91 Å². The molecule has 0 heterocycles.